The van der Waals surface area contributed by atoms with E-state index in [9.17, 15) is 9.59 Å². The van der Waals surface area contributed by atoms with Gasteiger partial charge < -0.3 is 13.7 Å². The second-order valence-corrected chi connectivity index (χ2v) is 6.63. The number of hydrogen-bond acceptors (Lipinski definition) is 4. The molecule has 6 heteroatoms. The standard InChI is InChI=1S/C22H20N2O4/c1-16-8-10-17(11-9-16)24(15-18-5-4-14-27-18)21(25)12-13-23-19-6-2-3-7-20(19)28-22(23)26/h2-11,14H,12-13,15H2,1H3. The van der Waals surface area contributed by atoms with Gasteiger partial charge in [-0.2, -0.15) is 0 Å². The van der Waals surface area contributed by atoms with Crippen molar-refractivity contribution in [2.75, 3.05) is 4.90 Å². The molecule has 6 nitrogen and oxygen atoms in total. The fraction of sp³-hybridized carbons (Fsp3) is 0.182. The Morgan fingerprint density at radius 3 is 2.57 bits per heavy atom. The zero-order valence-corrected chi connectivity index (χ0v) is 15.5. The number of aromatic nitrogens is 1. The van der Waals surface area contributed by atoms with Crippen LogP contribution in [0.2, 0.25) is 0 Å². The van der Waals surface area contributed by atoms with Gasteiger partial charge in [0.25, 0.3) is 0 Å². The molecule has 2 heterocycles. The lowest BCUT2D eigenvalue weighted by atomic mass is 10.2. The number of oxazole rings is 1. The summed E-state index contributed by atoms with van der Waals surface area (Å²) in [5.41, 5.74) is 3.11. The van der Waals surface area contributed by atoms with Crippen LogP contribution in [0.3, 0.4) is 0 Å². The van der Waals surface area contributed by atoms with Crippen LogP contribution in [-0.2, 0) is 17.9 Å². The Morgan fingerprint density at radius 2 is 1.82 bits per heavy atom. The normalized spacial score (nSPS) is 11.0. The van der Waals surface area contributed by atoms with Crippen LogP contribution in [0.5, 0.6) is 0 Å². The minimum Gasteiger partial charge on any atom is -0.467 e. The van der Waals surface area contributed by atoms with E-state index >= 15 is 0 Å². The predicted octanol–water partition coefficient (Wildman–Crippen LogP) is 4.12. The molecular weight excluding hydrogens is 356 g/mol. The monoisotopic (exact) mass is 376 g/mol. The average molecular weight is 376 g/mol. The summed E-state index contributed by atoms with van der Waals surface area (Å²) >= 11 is 0. The highest BCUT2D eigenvalue weighted by atomic mass is 16.4. The number of amides is 1. The van der Waals surface area contributed by atoms with E-state index in [1.807, 2.05) is 55.5 Å². The van der Waals surface area contributed by atoms with Crippen molar-refractivity contribution < 1.29 is 13.6 Å². The highest BCUT2D eigenvalue weighted by Crippen LogP contribution is 2.20. The summed E-state index contributed by atoms with van der Waals surface area (Å²) in [5, 5.41) is 0. The van der Waals surface area contributed by atoms with Crippen molar-refractivity contribution in [1.29, 1.82) is 0 Å². The number of aryl methyl sites for hydroxylation is 2. The van der Waals surface area contributed by atoms with Gasteiger partial charge in [0.05, 0.1) is 18.3 Å². The van der Waals surface area contributed by atoms with E-state index < -0.39 is 5.76 Å². The Kier molecular flexibility index (Phi) is 4.85. The Morgan fingerprint density at radius 1 is 1.04 bits per heavy atom. The number of fused-ring (bicyclic) bond motifs is 1. The molecule has 0 radical (unpaired) electrons. The molecule has 2 aromatic carbocycles. The van der Waals surface area contributed by atoms with E-state index in [4.69, 9.17) is 8.83 Å². The van der Waals surface area contributed by atoms with Crippen LogP contribution in [0.1, 0.15) is 17.7 Å². The van der Waals surface area contributed by atoms with Crippen LogP contribution < -0.4 is 10.7 Å². The maximum absolute atomic E-state index is 13.0. The molecule has 4 rings (SSSR count). The highest BCUT2D eigenvalue weighted by Gasteiger charge is 2.19. The van der Waals surface area contributed by atoms with Gasteiger partial charge in [0.15, 0.2) is 5.58 Å². The number of nitrogens with zero attached hydrogens (tertiary/aromatic N) is 2. The van der Waals surface area contributed by atoms with Gasteiger partial charge in [-0.1, -0.05) is 29.8 Å². The quantitative estimate of drug-likeness (QED) is 0.508. The smallest absolute Gasteiger partial charge is 0.419 e. The van der Waals surface area contributed by atoms with E-state index in [1.165, 1.54) is 4.57 Å². The Bertz CT molecular complexity index is 1140. The van der Waals surface area contributed by atoms with Crippen molar-refractivity contribution >= 4 is 22.7 Å². The van der Waals surface area contributed by atoms with Crippen LogP contribution >= 0.6 is 0 Å². The molecule has 0 aliphatic carbocycles. The van der Waals surface area contributed by atoms with E-state index in [1.54, 1.807) is 23.3 Å². The van der Waals surface area contributed by atoms with Crippen LogP contribution in [-0.4, -0.2) is 10.5 Å². The van der Waals surface area contributed by atoms with Gasteiger partial charge in [-0.15, -0.1) is 0 Å². The number of hydrogen-bond donors (Lipinski definition) is 0. The number of rotatable bonds is 6. The summed E-state index contributed by atoms with van der Waals surface area (Å²) < 4.78 is 12.2. The largest absolute Gasteiger partial charge is 0.467 e. The maximum Gasteiger partial charge on any atom is 0.419 e. The lowest BCUT2D eigenvalue weighted by Crippen LogP contribution is -2.31. The Labute approximate surface area is 161 Å². The molecule has 0 saturated heterocycles. The number of anilines is 1. The fourth-order valence-corrected chi connectivity index (χ4v) is 3.17. The third kappa shape index (κ3) is 3.62. The molecule has 0 unspecified atom stereocenters. The number of carbonyl (C=O) groups excluding carboxylic acids is 1. The summed E-state index contributed by atoms with van der Waals surface area (Å²) in [5.74, 6) is 0.138. The molecule has 0 atom stereocenters. The van der Waals surface area contributed by atoms with Crippen LogP contribution in [0, 0.1) is 6.92 Å². The lowest BCUT2D eigenvalue weighted by molar-refractivity contribution is -0.119. The maximum atomic E-state index is 13.0. The van der Waals surface area contributed by atoms with Crippen molar-refractivity contribution in [3.05, 3.63) is 88.8 Å². The molecule has 0 saturated carbocycles. The van der Waals surface area contributed by atoms with Crippen LogP contribution in [0.15, 0.2) is 80.6 Å². The molecule has 0 aliphatic heterocycles. The molecule has 0 aliphatic rings. The van der Waals surface area contributed by atoms with Gasteiger partial charge in [-0.05, 0) is 43.3 Å². The summed E-state index contributed by atoms with van der Waals surface area (Å²) in [6, 6.07) is 18.6. The molecule has 28 heavy (non-hydrogen) atoms. The average Bonchev–Trinajstić information content (AvgIpc) is 3.32. The van der Waals surface area contributed by atoms with Crippen LogP contribution in [0.4, 0.5) is 5.69 Å². The summed E-state index contributed by atoms with van der Waals surface area (Å²) in [4.78, 5) is 26.8. The second-order valence-electron chi connectivity index (χ2n) is 6.63. The first-order valence-corrected chi connectivity index (χ1v) is 9.09. The first kappa shape index (κ1) is 17.9. The fourth-order valence-electron chi connectivity index (χ4n) is 3.17. The molecule has 0 bridgehead atoms. The number of furan rings is 1. The number of carbonyl (C=O) groups is 1. The van der Waals surface area contributed by atoms with Gasteiger partial charge in [0.2, 0.25) is 5.91 Å². The SMILES string of the molecule is Cc1ccc(N(Cc2ccco2)C(=O)CCn2c(=O)oc3ccccc32)cc1. The van der Waals surface area contributed by atoms with Gasteiger partial charge in [-0.25, -0.2) is 4.79 Å². The molecule has 1 amide bonds. The first-order chi connectivity index (χ1) is 13.6. The molecule has 0 fully saturated rings. The van der Waals surface area contributed by atoms with Crippen molar-refractivity contribution in [3.63, 3.8) is 0 Å². The lowest BCUT2D eigenvalue weighted by Gasteiger charge is -2.22. The predicted molar refractivity (Wildman–Crippen MR) is 106 cm³/mol. The van der Waals surface area contributed by atoms with E-state index in [-0.39, 0.29) is 18.9 Å². The zero-order chi connectivity index (χ0) is 19.5. The highest BCUT2D eigenvalue weighted by molar-refractivity contribution is 5.93. The third-order valence-corrected chi connectivity index (χ3v) is 4.66. The second kappa shape index (κ2) is 7.60. The first-order valence-electron chi connectivity index (χ1n) is 9.09. The molecule has 4 aromatic rings. The van der Waals surface area contributed by atoms with Crippen molar-refractivity contribution in [2.24, 2.45) is 0 Å². The Balaban J connectivity index is 1.57. The van der Waals surface area contributed by atoms with E-state index in [0.717, 1.165) is 11.3 Å². The molecule has 2 aromatic heterocycles. The Hall–Kier alpha value is -3.54. The third-order valence-electron chi connectivity index (χ3n) is 4.66. The summed E-state index contributed by atoms with van der Waals surface area (Å²) in [6.45, 7) is 2.57. The van der Waals surface area contributed by atoms with E-state index in [2.05, 4.69) is 0 Å². The number of para-hydroxylation sites is 2. The summed E-state index contributed by atoms with van der Waals surface area (Å²) in [7, 11) is 0. The molecular formula is C22H20N2O4. The molecule has 0 N–H and O–H groups in total. The topological polar surface area (TPSA) is 68.6 Å². The van der Waals surface area contributed by atoms with Gasteiger partial charge in [-0.3, -0.25) is 9.36 Å². The minimum atomic E-state index is -0.457. The van der Waals surface area contributed by atoms with Crippen LogP contribution in [0.25, 0.3) is 11.1 Å². The summed E-state index contributed by atoms with van der Waals surface area (Å²) in [6.07, 6.45) is 1.75. The minimum absolute atomic E-state index is 0.0996. The van der Waals surface area contributed by atoms with Crippen molar-refractivity contribution in [2.45, 2.75) is 26.4 Å². The van der Waals surface area contributed by atoms with Crippen molar-refractivity contribution in [1.82, 2.24) is 4.57 Å². The molecule has 142 valence electrons. The van der Waals surface area contributed by atoms with Gasteiger partial charge >= 0.3 is 5.76 Å². The molecule has 0 spiro atoms. The number of benzene rings is 2. The zero-order valence-electron chi connectivity index (χ0n) is 15.5. The van der Waals surface area contributed by atoms with E-state index in [0.29, 0.717) is 23.4 Å². The van der Waals surface area contributed by atoms with Gasteiger partial charge in [0, 0.05) is 18.7 Å². The van der Waals surface area contributed by atoms with Gasteiger partial charge in [0.1, 0.15) is 5.76 Å². The van der Waals surface area contributed by atoms with Crippen molar-refractivity contribution in [3.8, 4) is 0 Å².